The largest absolute Gasteiger partial charge is 0.396 e. The fourth-order valence-electron chi connectivity index (χ4n) is 2.36. The van der Waals surface area contributed by atoms with E-state index >= 15 is 0 Å². The van der Waals surface area contributed by atoms with Crippen molar-refractivity contribution in [2.75, 3.05) is 13.2 Å². The summed E-state index contributed by atoms with van der Waals surface area (Å²) in [6.45, 7) is 7.88. The molecule has 0 aliphatic heterocycles. The van der Waals surface area contributed by atoms with Gasteiger partial charge in [-0.2, -0.15) is 0 Å². The Morgan fingerprint density at radius 2 is 1.84 bits per heavy atom. The van der Waals surface area contributed by atoms with Crippen LogP contribution in [0.1, 0.15) is 57.2 Å². The van der Waals surface area contributed by atoms with Crippen LogP contribution in [0.25, 0.3) is 0 Å². The summed E-state index contributed by atoms with van der Waals surface area (Å²) >= 11 is 0. The quantitative estimate of drug-likeness (QED) is 0.712. The van der Waals surface area contributed by atoms with E-state index in [1.54, 1.807) is 0 Å². The highest BCUT2D eigenvalue weighted by Gasteiger charge is 2.09. The predicted molar refractivity (Wildman–Crippen MR) is 82.3 cm³/mol. The summed E-state index contributed by atoms with van der Waals surface area (Å²) in [7, 11) is 0. The van der Waals surface area contributed by atoms with E-state index in [9.17, 15) is 0 Å². The molecule has 2 heteroatoms. The van der Waals surface area contributed by atoms with Gasteiger partial charge in [-0.25, -0.2) is 0 Å². The van der Waals surface area contributed by atoms with Crippen molar-refractivity contribution >= 4 is 0 Å². The lowest BCUT2D eigenvalue weighted by atomic mass is 10.0. The molecule has 0 saturated carbocycles. The van der Waals surface area contributed by atoms with E-state index in [2.05, 4.69) is 50.4 Å². The molecule has 19 heavy (non-hydrogen) atoms. The number of aliphatic hydroxyl groups excluding tert-OH is 1. The maximum Gasteiger partial charge on any atom is 0.0434 e. The van der Waals surface area contributed by atoms with Crippen molar-refractivity contribution in [1.29, 1.82) is 0 Å². The van der Waals surface area contributed by atoms with E-state index in [0.29, 0.717) is 18.6 Å². The van der Waals surface area contributed by atoms with Gasteiger partial charge in [-0.05, 0) is 43.4 Å². The van der Waals surface area contributed by atoms with Gasteiger partial charge in [-0.15, -0.1) is 0 Å². The number of rotatable bonds is 9. The number of hydrogen-bond acceptors (Lipinski definition) is 2. The van der Waals surface area contributed by atoms with Gasteiger partial charge in [-0.3, -0.25) is 0 Å². The molecule has 2 nitrogen and oxygen atoms in total. The van der Waals surface area contributed by atoms with Crippen LogP contribution >= 0.6 is 0 Å². The Bertz CT molecular complexity index is 334. The maximum atomic E-state index is 9.00. The van der Waals surface area contributed by atoms with Gasteiger partial charge < -0.3 is 10.4 Å². The molecular formula is C17H29NO. The molecule has 1 aromatic rings. The van der Waals surface area contributed by atoms with Gasteiger partial charge in [0.15, 0.2) is 0 Å². The number of aliphatic hydroxyl groups is 1. The van der Waals surface area contributed by atoms with Crippen LogP contribution in [0.3, 0.4) is 0 Å². The van der Waals surface area contributed by atoms with Gasteiger partial charge in [0, 0.05) is 12.6 Å². The lowest BCUT2D eigenvalue weighted by Crippen LogP contribution is -2.26. The highest BCUT2D eigenvalue weighted by molar-refractivity contribution is 5.24. The average molecular weight is 263 g/mol. The lowest BCUT2D eigenvalue weighted by molar-refractivity contribution is 0.249. The van der Waals surface area contributed by atoms with E-state index < -0.39 is 0 Å². The number of benzene rings is 1. The van der Waals surface area contributed by atoms with Gasteiger partial charge in [0.05, 0.1) is 0 Å². The molecule has 0 radical (unpaired) electrons. The second-order valence-corrected chi connectivity index (χ2v) is 5.41. The summed E-state index contributed by atoms with van der Waals surface area (Å²) < 4.78 is 0. The first-order chi connectivity index (χ1) is 9.21. The first kappa shape index (κ1) is 16.2. The van der Waals surface area contributed by atoms with Crippen molar-refractivity contribution in [2.24, 2.45) is 5.92 Å². The minimum Gasteiger partial charge on any atom is -0.396 e. The van der Waals surface area contributed by atoms with Crippen LogP contribution in [0.4, 0.5) is 0 Å². The van der Waals surface area contributed by atoms with E-state index in [4.69, 9.17) is 5.11 Å². The molecule has 1 rings (SSSR count). The Balaban J connectivity index is 2.45. The van der Waals surface area contributed by atoms with Crippen LogP contribution in [0.5, 0.6) is 0 Å². The molecule has 2 N–H and O–H groups in total. The second kappa shape index (κ2) is 9.11. The Kier molecular flexibility index (Phi) is 7.76. The van der Waals surface area contributed by atoms with Gasteiger partial charge >= 0.3 is 0 Å². The zero-order valence-corrected chi connectivity index (χ0v) is 12.7. The normalized spacial score (nSPS) is 14.3. The van der Waals surface area contributed by atoms with Crippen LogP contribution in [-0.4, -0.2) is 18.3 Å². The van der Waals surface area contributed by atoms with Crippen LogP contribution < -0.4 is 5.32 Å². The molecule has 0 fully saturated rings. The lowest BCUT2D eigenvalue weighted by Gasteiger charge is -2.19. The summed E-state index contributed by atoms with van der Waals surface area (Å²) in [5.74, 6) is 0.576. The van der Waals surface area contributed by atoms with Crippen molar-refractivity contribution in [3.63, 3.8) is 0 Å². The van der Waals surface area contributed by atoms with Crippen LogP contribution in [0.2, 0.25) is 0 Å². The van der Waals surface area contributed by atoms with E-state index in [-0.39, 0.29) is 0 Å². The summed E-state index contributed by atoms with van der Waals surface area (Å²) in [6.07, 6.45) is 4.38. The van der Waals surface area contributed by atoms with Crippen molar-refractivity contribution in [1.82, 2.24) is 5.32 Å². The van der Waals surface area contributed by atoms with Crippen LogP contribution in [0.15, 0.2) is 24.3 Å². The SMILES string of the molecule is CCCc1ccc(C(C)NCC(CC)CCO)cc1. The molecule has 0 amide bonds. The van der Waals surface area contributed by atoms with E-state index in [1.807, 2.05) is 0 Å². The van der Waals surface area contributed by atoms with Crippen LogP contribution in [0, 0.1) is 5.92 Å². The Morgan fingerprint density at radius 1 is 1.16 bits per heavy atom. The monoisotopic (exact) mass is 263 g/mol. The van der Waals surface area contributed by atoms with Crippen molar-refractivity contribution in [2.45, 2.75) is 52.5 Å². The highest BCUT2D eigenvalue weighted by Crippen LogP contribution is 2.15. The highest BCUT2D eigenvalue weighted by atomic mass is 16.3. The van der Waals surface area contributed by atoms with Crippen LogP contribution in [-0.2, 0) is 6.42 Å². The van der Waals surface area contributed by atoms with Gasteiger partial charge in [0.1, 0.15) is 0 Å². The molecule has 2 unspecified atom stereocenters. The summed E-state index contributed by atoms with van der Waals surface area (Å²) in [6, 6.07) is 9.32. The number of aryl methyl sites for hydroxylation is 1. The van der Waals surface area contributed by atoms with Gasteiger partial charge in [-0.1, -0.05) is 51.0 Å². The molecule has 0 aliphatic rings. The Morgan fingerprint density at radius 3 is 2.37 bits per heavy atom. The molecule has 1 aromatic carbocycles. The van der Waals surface area contributed by atoms with E-state index in [1.165, 1.54) is 17.5 Å². The molecule has 2 atom stereocenters. The summed E-state index contributed by atoms with van der Waals surface area (Å²) in [4.78, 5) is 0. The average Bonchev–Trinajstić information content (AvgIpc) is 2.44. The molecule has 108 valence electrons. The van der Waals surface area contributed by atoms with Gasteiger partial charge in [0.25, 0.3) is 0 Å². The second-order valence-electron chi connectivity index (χ2n) is 5.41. The van der Waals surface area contributed by atoms with Crippen molar-refractivity contribution in [3.05, 3.63) is 35.4 Å². The molecule has 0 bridgehead atoms. The third-order valence-corrected chi connectivity index (χ3v) is 3.85. The fourth-order valence-corrected chi connectivity index (χ4v) is 2.36. The van der Waals surface area contributed by atoms with Crippen molar-refractivity contribution < 1.29 is 5.11 Å². The Labute approximate surface area is 118 Å². The third-order valence-electron chi connectivity index (χ3n) is 3.85. The first-order valence-corrected chi connectivity index (χ1v) is 7.64. The third kappa shape index (κ3) is 5.75. The zero-order chi connectivity index (χ0) is 14.1. The summed E-state index contributed by atoms with van der Waals surface area (Å²) in [5.41, 5.74) is 2.77. The van der Waals surface area contributed by atoms with Crippen molar-refractivity contribution in [3.8, 4) is 0 Å². The number of hydrogen-bond donors (Lipinski definition) is 2. The molecule has 0 aromatic heterocycles. The first-order valence-electron chi connectivity index (χ1n) is 7.64. The van der Waals surface area contributed by atoms with Gasteiger partial charge in [0.2, 0.25) is 0 Å². The zero-order valence-electron chi connectivity index (χ0n) is 12.7. The molecule has 0 heterocycles. The molecule has 0 saturated heterocycles. The molecule has 0 spiro atoms. The van der Waals surface area contributed by atoms with E-state index in [0.717, 1.165) is 25.8 Å². The maximum absolute atomic E-state index is 9.00. The minimum absolute atomic E-state index is 0.292. The molecular weight excluding hydrogens is 234 g/mol. The topological polar surface area (TPSA) is 32.3 Å². The molecule has 0 aliphatic carbocycles. The standard InChI is InChI=1S/C17H29NO/c1-4-6-16-7-9-17(10-8-16)14(3)18-13-15(5-2)11-12-19/h7-10,14-15,18-19H,4-6,11-13H2,1-3H3. The number of nitrogens with one attached hydrogen (secondary N) is 1. The Hall–Kier alpha value is -0.860. The smallest absolute Gasteiger partial charge is 0.0434 e. The minimum atomic E-state index is 0.292. The fraction of sp³-hybridized carbons (Fsp3) is 0.647. The predicted octanol–water partition coefficient (Wildman–Crippen LogP) is 3.70. The summed E-state index contributed by atoms with van der Waals surface area (Å²) in [5, 5.41) is 12.6.